The van der Waals surface area contributed by atoms with Crippen LogP contribution in [0.25, 0.3) is 0 Å². The van der Waals surface area contributed by atoms with Crippen molar-refractivity contribution in [2.24, 2.45) is 0 Å². The molecule has 3 nitrogen and oxygen atoms in total. The molecule has 0 bridgehead atoms. The molecule has 1 amide bonds. The molecule has 0 spiro atoms. The van der Waals surface area contributed by atoms with E-state index in [-0.39, 0.29) is 5.91 Å². The Labute approximate surface area is 114 Å². The second-order valence-electron chi connectivity index (χ2n) is 4.16. The molecule has 1 N–H and O–H groups in total. The van der Waals surface area contributed by atoms with Crippen molar-refractivity contribution in [3.8, 4) is 0 Å². The third kappa shape index (κ3) is 2.96. The van der Waals surface area contributed by atoms with Gasteiger partial charge in [0.1, 0.15) is 0 Å². The molecule has 2 rings (SSSR count). The molecule has 0 unspecified atom stereocenters. The third-order valence-electron chi connectivity index (χ3n) is 2.61. The van der Waals surface area contributed by atoms with Crippen molar-refractivity contribution in [2.75, 3.05) is 5.32 Å². The number of pyridine rings is 1. The number of nitrogens with zero attached hydrogens (tertiary/aromatic N) is 1. The number of aromatic nitrogens is 1. The van der Waals surface area contributed by atoms with Crippen LogP contribution in [0, 0.1) is 13.8 Å². The number of nitrogens with one attached hydrogen (secondary N) is 1. The summed E-state index contributed by atoms with van der Waals surface area (Å²) in [6.07, 6.45) is 3.19. The maximum Gasteiger partial charge on any atom is 0.257 e. The fourth-order valence-corrected chi connectivity index (χ4v) is 1.97. The highest BCUT2D eigenvalue weighted by atomic mass is 79.9. The van der Waals surface area contributed by atoms with Gasteiger partial charge in [-0.25, -0.2) is 0 Å². The highest BCUT2D eigenvalue weighted by Crippen LogP contribution is 2.18. The van der Waals surface area contributed by atoms with E-state index in [4.69, 9.17) is 0 Å². The van der Waals surface area contributed by atoms with Crippen LogP contribution in [0.4, 0.5) is 5.69 Å². The van der Waals surface area contributed by atoms with Crippen LogP contribution in [0.15, 0.2) is 41.1 Å². The Balaban J connectivity index is 2.24. The molecular weight excluding hydrogens is 292 g/mol. The minimum Gasteiger partial charge on any atom is -0.322 e. The van der Waals surface area contributed by atoms with Gasteiger partial charge in [0.05, 0.1) is 5.56 Å². The van der Waals surface area contributed by atoms with Crippen molar-refractivity contribution in [3.05, 3.63) is 57.8 Å². The lowest BCUT2D eigenvalue weighted by Gasteiger charge is -2.09. The summed E-state index contributed by atoms with van der Waals surface area (Å²) in [5.41, 5.74) is 3.52. The molecule has 0 saturated heterocycles. The molecule has 1 aromatic carbocycles. The Kier molecular flexibility index (Phi) is 3.77. The predicted molar refractivity (Wildman–Crippen MR) is 75.8 cm³/mol. The Hall–Kier alpha value is -1.68. The minimum atomic E-state index is -0.155. The summed E-state index contributed by atoms with van der Waals surface area (Å²) in [7, 11) is 0. The van der Waals surface area contributed by atoms with Crippen molar-refractivity contribution in [1.82, 2.24) is 4.98 Å². The van der Waals surface area contributed by atoms with Gasteiger partial charge in [-0.2, -0.15) is 0 Å². The molecule has 2 aromatic rings. The smallest absolute Gasteiger partial charge is 0.257 e. The van der Waals surface area contributed by atoms with E-state index in [0.717, 1.165) is 21.3 Å². The molecule has 4 heteroatoms. The topological polar surface area (TPSA) is 42.0 Å². The Morgan fingerprint density at radius 2 is 2.00 bits per heavy atom. The number of carbonyl (C=O) groups is 1. The Bertz CT molecular complexity index is 596. The number of hydrogen-bond acceptors (Lipinski definition) is 2. The molecule has 1 heterocycles. The van der Waals surface area contributed by atoms with Gasteiger partial charge in [-0.1, -0.05) is 12.1 Å². The summed E-state index contributed by atoms with van der Waals surface area (Å²) < 4.78 is 0.788. The van der Waals surface area contributed by atoms with Gasteiger partial charge in [-0.3, -0.25) is 9.78 Å². The van der Waals surface area contributed by atoms with Crippen LogP contribution in [0.1, 0.15) is 21.5 Å². The lowest BCUT2D eigenvalue weighted by atomic mass is 10.1. The number of carbonyl (C=O) groups excluding carboxylic acids is 1. The van der Waals surface area contributed by atoms with Crippen LogP contribution in [0.2, 0.25) is 0 Å². The first kappa shape index (κ1) is 12.8. The van der Waals surface area contributed by atoms with Gasteiger partial charge < -0.3 is 5.32 Å². The van der Waals surface area contributed by atoms with Crippen molar-refractivity contribution in [1.29, 1.82) is 0 Å². The molecular formula is C14H13BrN2O. The second-order valence-corrected chi connectivity index (χ2v) is 5.08. The zero-order valence-electron chi connectivity index (χ0n) is 10.2. The van der Waals surface area contributed by atoms with Crippen LogP contribution in [-0.2, 0) is 0 Å². The summed E-state index contributed by atoms with van der Waals surface area (Å²) in [5.74, 6) is -0.155. The van der Waals surface area contributed by atoms with Gasteiger partial charge in [0.2, 0.25) is 0 Å². The normalized spacial score (nSPS) is 10.2. The van der Waals surface area contributed by atoms with Crippen molar-refractivity contribution in [2.45, 2.75) is 13.8 Å². The van der Waals surface area contributed by atoms with E-state index < -0.39 is 0 Å². The van der Waals surface area contributed by atoms with E-state index in [0.29, 0.717) is 5.56 Å². The van der Waals surface area contributed by atoms with Crippen molar-refractivity contribution >= 4 is 27.5 Å². The van der Waals surface area contributed by atoms with Gasteiger partial charge in [0, 0.05) is 22.6 Å². The van der Waals surface area contributed by atoms with Gasteiger partial charge in [-0.05, 0) is 53.0 Å². The zero-order chi connectivity index (χ0) is 13.1. The monoisotopic (exact) mass is 304 g/mol. The minimum absolute atomic E-state index is 0.155. The number of amides is 1. The molecule has 18 heavy (non-hydrogen) atoms. The van der Waals surface area contributed by atoms with E-state index in [1.54, 1.807) is 18.5 Å². The van der Waals surface area contributed by atoms with Gasteiger partial charge in [0.25, 0.3) is 5.91 Å². The summed E-state index contributed by atoms with van der Waals surface area (Å²) in [6.45, 7) is 3.96. The summed E-state index contributed by atoms with van der Waals surface area (Å²) in [5, 5.41) is 2.89. The van der Waals surface area contributed by atoms with Gasteiger partial charge in [-0.15, -0.1) is 0 Å². The number of aryl methyl sites for hydroxylation is 2. The summed E-state index contributed by atoms with van der Waals surface area (Å²) >= 11 is 3.30. The van der Waals surface area contributed by atoms with Gasteiger partial charge >= 0.3 is 0 Å². The Morgan fingerprint density at radius 3 is 2.72 bits per heavy atom. The second kappa shape index (κ2) is 5.31. The van der Waals surface area contributed by atoms with E-state index in [1.807, 2.05) is 32.0 Å². The predicted octanol–water partition coefficient (Wildman–Crippen LogP) is 3.71. The van der Waals surface area contributed by atoms with Crippen molar-refractivity contribution in [3.63, 3.8) is 0 Å². The van der Waals surface area contributed by atoms with E-state index in [9.17, 15) is 4.79 Å². The first-order valence-corrected chi connectivity index (χ1v) is 6.35. The van der Waals surface area contributed by atoms with E-state index >= 15 is 0 Å². The van der Waals surface area contributed by atoms with Crippen molar-refractivity contribution < 1.29 is 4.79 Å². The van der Waals surface area contributed by atoms with Crippen LogP contribution >= 0.6 is 15.9 Å². The lowest BCUT2D eigenvalue weighted by Crippen LogP contribution is -2.13. The SMILES string of the molecule is Cc1ccc(C)c(NC(=O)c2cncc(Br)c2)c1. The number of hydrogen-bond donors (Lipinski definition) is 1. The molecule has 0 fully saturated rings. The third-order valence-corrected chi connectivity index (χ3v) is 3.04. The maximum absolute atomic E-state index is 12.1. The quantitative estimate of drug-likeness (QED) is 0.919. The highest BCUT2D eigenvalue weighted by molar-refractivity contribution is 9.10. The standard InChI is InChI=1S/C14H13BrN2O/c1-9-3-4-10(2)13(5-9)17-14(18)11-6-12(15)8-16-7-11/h3-8H,1-2H3,(H,17,18). The van der Waals surface area contributed by atoms with Crippen LogP contribution in [0.5, 0.6) is 0 Å². The summed E-state index contributed by atoms with van der Waals surface area (Å²) in [4.78, 5) is 16.0. The number of rotatable bonds is 2. The average Bonchev–Trinajstić information content (AvgIpc) is 2.34. The molecule has 0 atom stereocenters. The number of halogens is 1. The largest absolute Gasteiger partial charge is 0.322 e. The Morgan fingerprint density at radius 1 is 1.22 bits per heavy atom. The molecule has 0 aliphatic heterocycles. The fourth-order valence-electron chi connectivity index (χ4n) is 1.60. The zero-order valence-corrected chi connectivity index (χ0v) is 11.8. The van der Waals surface area contributed by atoms with Crippen LogP contribution in [0.3, 0.4) is 0 Å². The fraction of sp³-hybridized carbons (Fsp3) is 0.143. The maximum atomic E-state index is 12.1. The van der Waals surface area contributed by atoms with Crippen LogP contribution in [-0.4, -0.2) is 10.9 Å². The number of anilines is 1. The highest BCUT2D eigenvalue weighted by Gasteiger charge is 2.08. The lowest BCUT2D eigenvalue weighted by molar-refractivity contribution is 0.102. The van der Waals surface area contributed by atoms with E-state index in [2.05, 4.69) is 26.2 Å². The first-order chi connectivity index (χ1) is 8.56. The molecule has 0 aliphatic rings. The first-order valence-electron chi connectivity index (χ1n) is 5.55. The van der Waals surface area contributed by atoms with Crippen LogP contribution < -0.4 is 5.32 Å². The molecule has 0 aliphatic carbocycles. The summed E-state index contributed by atoms with van der Waals surface area (Å²) in [6, 6.07) is 7.71. The van der Waals surface area contributed by atoms with Gasteiger partial charge in [0.15, 0.2) is 0 Å². The molecule has 0 saturated carbocycles. The number of benzene rings is 1. The van der Waals surface area contributed by atoms with E-state index in [1.165, 1.54) is 0 Å². The molecule has 0 radical (unpaired) electrons. The average molecular weight is 305 g/mol. The molecule has 92 valence electrons. The molecule has 1 aromatic heterocycles.